The summed E-state index contributed by atoms with van der Waals surface area (Å²) in [5.41, 5.74) is 7.31. The van der Waals surface area contributed by atoms with Crippen molar-refractivity contribution in [3.05, 3.63) is 30.1 Å². The number of nitrogens with one attached hydrogen (secondary N) is 1. The van der Waals surface area contributed by atoms with Crippen LogP contribution in [0.25, 0.3) is 0 Å². The SMILES string of the molecule is NC(=O)CCn1c(SCC(=O)Nc2ccc(N3CCCCCC3)cc2)nnc1C1CC1. The van der Waals surface area contributed by atoms with Gasteiger partial charge in [0.15, 0.2) is 5.16 Å². The van der Waals surface area contributed by atoms with Crippen LogP contribution in [0.1, 0.15) is 56.7 Å². The van der Waals surface area contributed by atoms with E-state index < -0.39 is 0 Å². The average Bonchev–Trinajstić information content (AvgIpc) is 3.56. The average molecular weight is 443 g/mol. The molecule has 2 heterocycles. The summed E-state index contributed by atoms with van der Waals surface area (Å²) in [5.74, 6) is 1.09. The molecule has 2 amide bonds. The number of carbonyl (C=O) groups is 2. The van der Waals surface area contributed by atoms with Gasteiger partial charge < -0.3 is 20.5 Å². The topological polar surface area (TPSA) is 106 Å². The molecule has 8 nitrogen and oxygen atoms in total. The maximum absolute atomic E-state index is 12.5. The number of thioether (sulfide) groups is 1. The number of benzene rings is 1. The second-order valence-corrected chi connectivity index (χ2v) is 9.21. The molecule has 3 N–H and O–H groups in total. The summed E-state index contributed by atoms with van der Waals surface area (Å²) in [6, 6.07) is 8.08. The van der Waals surface area contributed by atoms with Gasteiger partial charge in [-0.3, -0.25) is 9.59 Å². The van der Waals surface area contributed by atoms with Crippen LogP contribution in [0.2, 0.25) is 0 Å². The molecular formula is C22H30N6O2S. The number of hydrogen-bond acceptors (Lipinski definition) is 6. The fourth-order valence-electron chi connectivity index (χ4n) is 3.89. The summed E-state index contributed by atoms with van der Waals surface area (Å²) in [5, 5.41) is 12.1. The molecule has 9 heteroatoms. The smallest absolute Gasteiger partial charge is 0.234 e. The minimum absolute atomic E-state index is 0.0926. The number of nitrogens with zero attached hydrogens (tertiary/aromatic N) is 4. The van der Waals surface area contributed by atoms with E-state index in [1.807, 2.05) is 16.7 Å². The Morgan fingerprint density at radius 2 is 1.77 bits per heavy atom. The largest absolute Gasteiger partial charge is 0.372 e. The number of carbonyl (C=O) groups excluding carboxylic acids is 2. The third kappa shape index (κ3) is 6.00. The lowest BCUT2D eigenvalue weighted by Crippen LogP contribution is -2.23. The van der Waals surface area contributed by atoms with Crippen molar-refractivity contribution in [1.29, 1.82) is 0 Å². The molecule has 0 unspecified atom stereocenters. The van der Waals surface area contributed by atoms with E-state index in [-0.39, 0.29) is 24.0 Å². The first-order chi connectivity index (χ1) is 15.1. The molecule has 31 heavy (non-hydrogen) atoms. The zero-order chi connectivity index (χ0) is 21.6. The van der Waals surface area contributed by atoms with Crippen LogP contribution >= 0.6 is 11.8 Å². The van der Waals surface area contributed by atoms with Gasteiger partial charge in [-0.05, 0) is 49.9 Å². The predicted octanol–water partition coefficient (Wildman–Crippen LogP) is 3.14. The van der Waals surface area contributed by atoms with Gasteiger partial charge in [-0.25, -0.2) is 0 Å². The van der Waals surface area contributed by atoms with Gasteiger partial charge in [0, 0.05) is 43.3 Å². The summed E-state index contributed by atoms with van der Waals surface area (Å²) >= 11 is 1.34. The van der Waals surface area contributed by atoms with Crippen LogP contribution in [0.5, 0.6) is 0 Å². The minimum Gasteiger partial charge on any atom is -0.372 e. The molecular weight excluding hydrogens is 412 g/mol. The number of hydrogen-bond donors (Lipinski definition) is 2. The molecule has 0 spiro atoms. The Kier molecular flexibility index (Phi) is 7.11. The van der Waals surface area contributed by atoms with E-state index in [0.29, 0.717) is 17.6 Å². The van der Waals surface area contributed by atoms with E-state index in [1.54, 1.807) is 0 Å². The number of aromatic nitrogens is 3. The van der Waals surface area contributed by atoms with E-state index in [4.69, 9.17) is 5.73 Å². The molecule has 1 aromatic carbocycles. The van der Waals surface area contributed by atoms with Gasteiger partial charge in [0.25, 0.3) is 0 Å². The lowest BCUT2D eigenvalue weighted by molar-refractivity contribution is -0.118. The third-order valence-electron chi connectivity index (χ3n) is 5.72. The highest BCUT2D eigenvalue weighted by molar-refractivity contribution is 7.99. The van der Waals surface area contributed by atoms with Gasteiger partial charge in [-0.1, -0.05) is 24.6 Å². The van der Waals surface area contributed by atoms with E-state index in [1.165, 1.54) is 43.1 Å². The van der Waals surface area contributed by atoms with E-state index in [2.05, 4.69) is 32.5 Å². The standard InChI is InChI=1S/C22H30N6O2S/c23-19(29)11-14-28-21(16-5-6-16)25-26-22(28)31-15-20(30)24-17-7-9-18(10-8-17)27-12-3-1-2-4-13-27/h7-10,16H,1-6,11-15H2,(H2,23,29)(H,24,30). The maximum atomic E-state index is 12.5. The molecule has 2 fully saturated rings. The molecule has 1 aliphatic carbocycles. The second kappa shape index (κ2) is 10.2. The van der Waals surface area contributed by atoms with Crippen molar-refractivity contribution in [3.8, 4) is 0 Å². The molecule has 4 rings (SSSR count). The Bertz CT molecular complexity index is 901. The van der Waals surface area contributed by atoms with Gasteiger partial charge in [-0.2, -0.15) is 0 Å². The Balaban J connectivity index is 1.31. The predicted molar refractivity (Wildman–Crippen MR) is 122 cm³/mol. The number of anilines is 2. The Morgan fingerprint density at radius 1 is 1.06 bits per heavy atom. The lowest BCUT2D eigenvalue weighted by Gasteiger charge is -2.22. The van der Waals surface area contributed by atoms with Crippen molar-refractivity contribution in [2.45, 2.75) is 62.6 Å². The summed E-state index contributed by atoms with van der Waals surface area (Å²) in [7, 11) is 0. The van der Waals surface area contributed by atoms with Crippen molar-refractivity contribution in [2.75, 3.05) is 29.1 Å². The van der Waals surface area contributed by atoms with Crippen molar-refractivity contribution in [1.82, 2.24) is 14.8 Å². The van der Waals surface area contributed by atoms with E-state index in [0.717, 1.165) is 37.4 Å². The minimum atomic E-state index is -0.354. The first-order valence-electron chi connectivity index (χ1n) is 11.1. The first kappa shape index (κ1) is 21.7. The van der Waals surface area contributed by atoms with Gasteiger partial charge in [0.1, 0.15) is 5.82 Å². The van der Waals surface area contributed by atoms with E-state index in [9.17, 15) is 9.59 Å². The Hall–Kier alpha value is -2.55. The van der Waals surface area contributed by atoms with Crippen LogP contribution in [0, 0.1) is 0 Å². The van der Waals surface area contributed by atoms with Crippen LogP contribution in [0.3, 0.4) is 0 Å². The Morgan fingerprint density at radius 3 is 2.42 bits per heavy atom. The van der Waals surface area contributed by atoms with Gasteiger partial charge in [-0.15, -0.1) is 10.2 Å². The van der Waals surface area contributed by atoms with Gasteiger partial charge in [0.2, 0.25) is 11.8 Å². The zero-order valence-corrected chi connectivity index (χ0v) is 18.6. The molecule has 1 aromatic heterocycles. The van der Waals surface area contributed by atoms with Crippen LogP contribution in [0.15, 0.2) is 29.4 Å². The highest BCUT2D eigenvalue weighted by Gasteiger charge is 2.30. The molecule has 0 atom stereocenters. The third-order valence-corrected chi connectivity index (χ3v) is 6.69. The van der Waals surface area contributed by atoms with Crippen molar-refractivity contribution >= 4 is 35.0 Å². The van der Waals surface area contributed by atoms with Crippen LogP contribution in [-0.4, -0.2) is 45.4 Å². The molecule has 1 aliphatic heterocycles. The first-order valence-corrected chi connectivity index (χ1v) is 12.1. The quantitative estimate of drug-likeness (QED) is 0.578. The van der Waals surface area contributed by atoms with Crippen LogP contribution < -0.4 is 16.0 Å². The van der Waals surface area contributed by atoms with Crippen molar-refractivity contribution < 1.29 is 9.59 Å². The van der Waals surface area contributed by atoms with Crippen molar-refractivity contribution in [3.63, 3.8) is 0 Å². The van der Waals surface area contributed by atoms with Crippen LogP contribution in [0.4, 0.5) is 11.4 Å². The fourth-order valence-corrected chi connectivity index (χ4v) is 4.67. The Labute approximate surface area is 187 Å². The van der Waals surface area contributed by atoms with E-state index >= 15 is 0 Å². The summed E-state index contributed by atoms with van der Waals surface area (Å²) in [6.45, 7) is 2.65. The summed E-state index contributed by atoms with van der Waals surface area (Å²) in [4.78, 5) is 26.1. The van der Waals surface area contributed by atoms with Gasteiger partial charge >= 0.3 is 0 Å². The highest BCUT2D eigenvalue weighted by Crippen LogP contribution is 2.40. The fraction of sp³-hybridized carbons (Fsp3) is 0.545. The summed E-state index contributed by atoms with van der Waals surface area (Å²) < 4.78 is 1.94. The summed E-state index contributed by atoms with van der Waals surface area (Å²) in [6.07, 6.45) is 7.51. The molecule has 1 saturated heterocycles. The number of amides is 2. The van der Waals surface area contributed by atoms with Gasteiger partial charge in [0.05, 0.1) is 5.75 Å². The maximum Gasteiger partial charge on any atom is 0.234 e. The normalized spacial score (nSPS) is 16.7. The molecule has 2 aliphatic rings. The monoisotopic (exact) mass is 442 g/mol. The lowest BCUT2D eigenvalue weighted by atomic mass is 10.2. The second-order valence-electron chi connectivity index (χ2n) is 8.27. The number of rotatable bonds is 9. The molecule has 0 radical (unpaired) electrons. The number of primary amides is 1. The van der Waals surface area contributed by atoms with Crippen molar-refractivity contribution in [2.24, 2.45) is 5.73 Å². The molecule has 0 bridgehead atoms. The van der Waals surface area contributed by atoms with Crippen LogP contribution in [-0.2, 0) is 16.1 Å². The zero-order valence-electron chi connectivity index (χ0n) is 17.8. The molecule has 2 aromatic rings. The molecule has 1 saturated carbocycles. The highest BCUT2D eigenvalue weighted by atomic mass is 32.2. The number of nitrogens with two attached hydrogens (primary N) is 1. The molecule has 166 valence electrons.